The lowest BCUT2D eigenvalue weighted by molar-refractivity contribution is 0.0987. The average molecular weight is 285 g/mol. The first-order valence-corrected chi connectivity index (χ1v) is 7.24. The number of ether oxygens (including phenoxy) is 1. The molecule has 0 heterocycles. The van der Waals surface area contributed by atoms with Gasteiger partial charge in [-0.25, -0.2) is 0 Å². The van der Waals surface area contributed by atoms with Crippen LogP contribution in [0.3, 0.4) is 0 Å². The van der Waals surface area contributed by atoms with E-state index < -0.39 is 6.10 Å². The van der Waals surface area contributed by atoms with Crippen molar-refractivity contribution in [2.24, 2.45) is 0 Å². The number of hydrogen-bond acceptors (Lipinski definition) is 3. The van der Waals surface area contributed by atoms with E-state index in [0.29, 0.717) is 6.54 Å². The minimum atomic E-state index is -0.548. The van der Waals surface area contributed by atoms with Crippen LogP contribution in [-0.2, 0) is 5.54 Å². The van der Waals surface area contributed by atoms with Crippen molar-refractivity contribution in [3.63, 3.8) is 0 Å². The van der Waals surface area contributed by atoms with Gasteiger partial charge in [-0.15, -0.1) is 0 Å². The number of aliphatic hydroxyl groups excluding tert-OH is 1. The van der Waals surface area contributed by atoms with Crippen LogP contribution in [-0.4, -0.2) is 24.4 Å². The predicted molar refractivity (Wildman–Crippen MR) is 85.4 cm³/mol. The molecule has 0 aromatic heterocycles. The molecule has 2 aromatic rings. The zero-order valence-electron chi connectivity index (χ0n) is 12.6. The highest BCUT2D eigenvalue weighted by Gasteiger charge is 2.20. The summed E-state index contributed by atoms with van der Waals surface area (Å²) >= 11 is 0. The smallest absolute Gasteiger partial charge is 0.119 e. The Bertz CT molecular complexity index is 525. The van der Waals surface area contributed by atoms with Gasteiger partial charge in [0.25, 0.3) is 0 Å². The third-order valence-corrected chi connectivity index (χ3v) is 3.46. The highest BCUT2D eigenvalue weighted by atomic mass is 16.5. The Labute approximate surface area is 126 Å². The molecule has 3 nitrogen and oxygen atoms in total. The van der Waals surface area contributed by atoms with Gasteiger partial charge < -0.3 is 15.2 Å². The standard InChI is InChI=1S/C18H23NO2/c1-18(2,15-9-5-3-6-10-15)19-13-16(20)14-21-17-11-7-4-8-12-17/h3-12,16,19-20H,13-14H2,1-2H3/t16-/m0/s1. The van der Waals surface area contributed by atoms with Gasteiger partial charge in [-0.1, -0.05) is 48.5 Å². The summed E-state index contributed by atoms with van der Waals surface area (Å²) in [6.45, 7) is 4.97. The molecule has 1 atom stereocenters. The van der Waals surface area contributed by atoms with Gasteiger partial charge in [-0.3, -0.25) is 0 Å². The number of rotatable bonds is 7. The van der Waals surface area contributed by atoms with Gasteiger partial charge in [0.05, 0.1) is 0 Å². The molecule has 2 N–H and O–H groups in total. The Morgan fingerprint density at radius 2 is 1.57 bits per heavy atom. The number of aliphatic hydroxyl groups is 1. The second kappa shape index (κ2) is 7.25. The summed E-state index contributed by atoms with van der Waals surface area (Å²) in [5.74, 6) is 0.777. The first kappa shape index (κ1) is 15.5. The van der Waals surface area contributed by atoms with Crippen molar-refractivity contribution >= 4 is 0 Å². The molecular weight excluding hydrogens is 262 g/mol. The van der Waals surface area contributed by atoms with Gasteiger partial charge in [0, 0.05) is 12.1 Å². The SMILES string of the molecule is CC(C)(NC[C@H](O)COc1ccccc1)c1ccccc1. The van der Waals surface area contributed by atoms with Crippen LogP contribution >= 0.6 is 0 Å². The number of benzene rings is 2. The molecule has 3 heteroatoms. The lowest BCUT2D eigenvalue weighted by Gasteiger charge is -2.28. The number of para-hydroxylation sites is 1. The lowest BCUT2D eigenvalue weighted by Crippen LogP contribution is -2.42. The molecule has 0 saturated carbocycles. The van der Waals surface area contributed by atoms with E-state index in [9.17, 15) is 5.11 Å². The Morgan fingerprint density at radius 3 is 2.19 bits per heavy atom. The van der Waals surface area contributed by atoms with E-state index in [1.165, 1.54) is 5.56 Å². The lowest BCUT2D eigenvalue weighted by atomic mass is 9.94. The molecule has 0 saturated heterocycles. The van der Waals surface area contributed by atoms with Gasteiger partial charge in [-0.2, -0.15) is 0 Å². The summed E-state index contributed by atoms with van der Waals surface area (Å²) in [4.78, 5) is 0. The van der Waals surface area contributed by atoms with E-state index >= 15 is 0 Å². The van der Waals surface area contributed by atoms with Crippen LogP contribution in [0.5, 0.6) is 5.75 Å². The molecule has 0 radical (unpaired) electrons. The van der Waals surface area contributed by atoms with Crippen LogP contribution in [0, 0.1) is 0 Å². The molecule has 0 bridgehead atoms. The van der Waals surface area contributed by atoms with Crippen LogP contribution in [0.25, 0.3) is 0 Å². The normalized spacial score (nSPS) is 12.9. The van der Waals surface area contributed by atoms with E-state index in [2.05, 4.69) is 31.3 Å². The second-order valence-corrected chi connectivity index (χ2v) is 5.65. The largest absolute Gasteiger partial charge is 0.491 e. The molecule has 2 aromatic carbocycles. The highest BCUT2D eigenvalue weighted by Crippen LogP contribution is 2.19. The van der Waals surface area contributed by atoms with Crippen LogP contribution in [0.4, 0.5) is 0 Å². The molecule has 2 rings (SSSR count). The van der Waals surface area contributed by atoms with Gasteiger partial charge >= 0.3 is 0 Å². The molecule has 0 unspecified atom stereocenters. The second-order valence-electron chi connectivity index (χ2n) is 5.65. The Morgan fingerprint density at radius 1 is 1.00 bits per heavy atom. The fraction of sp³-hybridized carbons (Fsp3) is 0.333. The topological polar surface area (TPSA) is 41.5 Å². The van der Waals surface area contributed by atoms with E-state index in [1.807, 2.05) is 48.5 Å². The monoisotopic (exact) mass is 285 g/mol. The maximum atomic E-state index is 10.0. The third kappa shape index (κ3) is 4.88. The molecule has 0 spiro atoms. The number of hydrogen-bond donors (Lipinski definition) is 2. The van der Waals surface area contributed by atoms with Crippen molar-refractivity contribution in [2.75, 3.05) is 13.2 Å². The summed E-state index contributed by atoms with van der Waals surface area (Å²) in [5, 5.41) is 13.4. The zero-order valence-corrected chi connectivity index (χ0v) is 12.6. The quantitative estimate of drug-likeness (QED) is 0.822. The molecule has 0 fully saturated rings. The van der Waals surface area contributed by atoms with E-state index in [0.717, 1.165) is 5.75 Å². The summed E-state index contributed by atoms with van der Waals surface area (Å²) in [7, 11) is 0. The minimum Gasteiger partial charge on any atom is -0.491 e. The fourth-order valence-electron chi connectivity index (χ4n) is 2.10. The van der Waals surface area contributed by atoms with Gasteiger partial charge in [-0.05, 0) is 31.5 Å². The average Bonchev–Trinajstić information content (AvgIpc) is 2.53. The molecule has 0 amide bonds. The van der Waals surface area contributed by atoms with Crippen molar-refractivity contribution in [1.82, 2.24) is 5.32 Å². The van der Waals surface area contributed by atoms with Crippen molar-refractivity contribution in [2.45, 2.75) is 25.5 Å². The van der Waals surface area contributed by atoms with Crippen molar-refractivity contribution < 1.29 is 9.84 Å². The number of nitrogens with one attached hydrogen (secondary N) is 1. The van der Waals surface area contributed by atoms with Crippen LogP contribution in [0.1, 0.15) is 19.4 Å². The highest BCUT2D eigenvalue weighted by molar-refractivity contribution is 5.23. The molecule has 0 aliphatic heterocycles. The van der Waals surface area contributed by atoms with Crippen molar-refractivity contribution in [3.05, 3.63) is 66.2 Å². The molecule has 21 heavy (non-hydrogen) atoms. The van der Waals surface area contributed by atoms with Crippen LogP contribution in [0.2, 0.25) is 0 Å². The first-order chi connectivity index (χ1) is 10.1. The maximum absolute atomic E-state index is 10.0. The van der Waals surface area contributed by atoms with Gasteiger partial charge in [0.1, 0.15) is 18.5 Å². The molecule has 0 aliphatic carbocycles. The summed E-state index contributed by atoms with van der Waals surface area (Å²) < 4.78 is 5.55. The summed E-state index contributed by atoms with van der Waals surface area (Å²) in [5.41, 5.74) is 1.01. The molecule has 112 valence electrons. The Balaban J connectivity index is 1.79. The molecular formula is C18H23NO2. The zero-order chi connectivity index (χ0) is 15.1. The Hall–Kier alpha value is -1.84. The third-order valence-electron chi connectivity index (χ3n) is 3.46. The van der Waals surface area contributed by atoms with Crippen LogP contribution in [0.15, 0.2) is 60.7 Å². The van der Waals surface area contributed by atoms with E-state index in [1.54, 1.807) is 0 Å². The Kier molecular flexibility index (Phi) is 5.37. The summed E-state index contributed by atoms with van der Waals surface area (Å²) in [6, 6.07) is 19.7. The predicted octanol–water partition coefficient (Wildman–Crippen LogP) is 2.95. The first-order valence-electron chi connectivity index (χ1n) is 7.24. The minimum absolute atomic E-state index is 0.186. The molecule has 0 aliphatic rings. The maximum Gasteiger partial charge on any atom is 0.119 e. The van der Waals surface area contributed by atoms with Crippen LogP contribution < -0.4 is 10.1 Å². The van der Waals surface area contributed by atoms with E-state index in [4.69, 9.17) is 4.74 Å². The van der Waals surface area contributed by atoms with Gasteiger partial charge in [0.2, 0.25) is 0 Å². The van der Waals surface area contributed by atoms with Crippen molar-refractivity contribution in [1.29, 1.82) is 0 Å². The summed E-state index contributed by atoms with van der Waals surface area (Å²) in [6.07, 6.45) is -0.548. The van der Waals surface area contributed by atoms with E-state index in [-0.39, 0.29) is 12.1 Å². The van der Waals surface area contributed by atoms with Gasteiger partial charge in [0.15, 0.2) is 0 Å². The van der Waals surface area contributed by atoms with Crippen molar-refractivity contribution in [3.8, 4) is 5.75 Å². The fourth-order valence-corrected chi connectivity index (χ4v) is 2.10.